The summed E-state index contributed by atoms with van der Waals surface area (Å²) >= 11 is 0. The van der Waals surface area contributed by atoms with Gasteiger partial charge in [-0.1, -0.05) is 12.1 Å². The van der Waals surface area contributed by atoms with Gasteiger partial charge < -0.3 is 19.9 Å². The van der Waals surface area contributed by atoms with E-state index in [9.17, 15) is 9.90 Å². The molecule has 3 N–H and O–H groups in total. The van der Waals surface area contributed by atoms with Crippen molar-refractivity contribution in [3.63, 3.8) is 0 Å². The number of nitrogens with zero attached hydrogens (tertiary/aromatic N) is 1. The molecule has 25 heavy (non-hydrogen) atoms. The Morgan fingerprint density at radius 3 is 2.60 bits per heavy atom. The monoisotopic (exact) mass is 343 g/mol. The summed E-state index contributed by atoms with van der Waals surface area (Å²) in [4.78, 5) is 11.9. The molecule has 2 aromatic carbocycles. The van der Waals surface area contributed by atoms with Crippen LogP contribution in [-0.2, 0) is 4.79 Å². The lowest BCUT2D eigenvalue weighted by Crippen LogP contribution is -2.26. The normalized spacial score (nSPS) is 10.9. The van der Waals surface area contributed by atoms with Gasteiger partial charge in [0, 0.05) is 11.6 Å². The number of amides is 1. The number of aromatic hydroxyl groups is 1. The molecule has 7 nitrogen and oxygen atoms in total. The summed E-state index contributed by atoms with van der Waals surface area (Å²) < 4.78 is 10.2. The van der Waals surface area contributed by atoms with Gasteiger partial charge in [-0.05, 0) is 31.2 Å². The second kappa shape index (κ2) is 8.58. The van der Waals surface area contributed by atoms with Gasteiger partial charge in [0.05, 0.1) is 32.2 Å². The lowest BCUT2D eigenvalue weighted by Gasteiger charge is -2.10. The Labute approximate surface area is 146 Å². The fourth-order valence-corrected chi connectivity index (χ4v) is 2.16. The van der Waals surface area contributed by atoms with Crippen molar-refractivity contribution in [1.82, 2.24) is 5.43 Å². The molecule has 0 bridgehead atoms. The molecule has 0 aromatic heterocycles. The molecule has 0 aliphatic heterocycles. The lowest BCUT2D eigenvalue weighted by atomic mass is 10.1. The fraction of sp³-hybridized carbons (Fsp3) is 0.222. The minimum Gasteiger partial charge on any atom is -0.507 e. The summed E-state index contributed by atoms with van der Waals surface area (Å²) in [5, 5.41) is 17.0. The summed E-state index contributed by atoms with van der Waals surface area (Å²) in [7, 11) is 3.08. The van der Waals surface area contributed by atoms with Crippen molar-refractivity contribution in [1.29, 1.82) is 0 Å². The Hall–Kier alpha value is -3.22. The van der Waals surface area contributed by atoms with Crippen LogP contribution >= 0.6 is 0 Å². The van der Waals surface area contributed by atoms with Crippen LogP contribution in [0.4, 0.5) is 5.69 Å². The summed E-state index contributed by atoms with van der Waals surface area (Å²) in [6, 6.07) is 12.2. The maximum absolute atomic E-state index is 11.9. The van der Waals surface area contributed by atoms with Crippen LogP contribution in [0.25, 0.3) is 0 Å². The molecule has 0 aliphatic rings. The zero-order valence-electron chi connectivity index (χ0n) is 14.4. The SMILES string of the molecule is COc1ccc(/C(C)=N/NC(=O)CNc2ccccc2OC)c(O)c1. The van der Waals surface area contributed by atoms with E-state index in [1.165, 1.54) is 13.2 Å². The zero-order valence-corrected chi connectivity index (χ0v) is 14.4. The Bertz CT molecular complexity index is 775. The molecule has 7 heteroatoms. The molecule has 0 radical (unpaired) electrons. The number of hydrogen-bond donors (Lipinski definition) is 3. The maximum Gasteiger partial charge on any atom is 0.259 e. The molecule has 0 heterocycles. The zero-order chi connectivity index (χ0) is 18.2. The third kappa shape index (κ3) is 4.87. The molecule has 0 atom stereocenters. The van der Waals surface area contributed by atoms with E-state index >= 15 is 0 Å². The van der Waals surface area contributed by atoms with Gasteiger partial charge in [-0.25, -0.2) is 5.43 Å². The van der Waals surface area contributed by atoms with Crippen LogP contribution < -0.4 is 20.2 Å². The van der Waals surface area contributed by atoms with E-state index in [1.807, 2.05) is 18.2 Å². The number of phenolic OH excluding ortho intramolecular Hbond substituents is 1. The number of benzene rings is 2. The molecule has 0 saturated carbocycles. The number of ether oxygens (including phenoxy) is 2. The Balaban J connectivity index is 1.95. The third-order valence-corrected chi connectivity index (χ3v) is 3.49. The number of methoxy groups -OCH3 is 2. The minimum atomic E-state index is -0.321. The predicted molar refractivity (Wildman–Crippen MR) is 96.5 cm³/mol. The number of carbonyl (C=O) groups excluding carboxylic acids is 1. The Morgan fingerprint density at radius 1 is 1.16 bits per heavy atom. The molecule has 2 rings (SSSR count). The highest BCUT2D eigenvalue weighted by Crippen LogP contribution is 2.24. The van der Waals surface area contributed by atoms with Gasteiger partial charge in [-0.3, -0.25) is 4.79 Å². The van der Waals surface area contributed by atoms with Gasteiger partial charge in [0.15, 0.2) is 0 Å². The number of anilines is 1. The van der Waals surface area contributed by atoms with Gasteiger partial charge in [0.2, 0.25) is 0 Å². The van der Waals surface area contributed by atoms with E-state index in [-0.39, 0.29) is 18.2 Å². The van der Waals surface area contributed by atoms with Gasteiger partial charge >= 0.3 is 0 Å². The van der Waals surface area contributed by atoms with Crippen molar-refractivity contribution in [3.05, 3.63) is 48.0 Å². The van der Waals surface area contributed by atoms with Crippen LogP contribution in [0.15, 0.2) is 47.6 Å². The molecule has 2 aromatic rings. The number of hydrazone groups is 1. The van der Waals surface area contributed by atoms with Crippen LogP contribution in [0.5, 0.6) is 17.2 Å². The first-order chi connectivity index (χ1) is 12.0. The summed E-state index contributed by atoms with van der Waals surface area (Å²) in [5.74, 6) is 0.900. The van der Waals surface area contributed by atoms with Crippen molar-refractivity contribution in [3.8, 4) is 17.2 Å². The van der Waals surface area contributed by atoms with E-state index < -0.39 is 0 Å². The van der Waals surface area contributed by atoms with Gasteiger partial charge in [-0.15, -0.1) is 0 Å². The largest absolute Gasteiger partial charge is 0.507 e. The van der Waals surface area contributed by atoms with E-state index in [0.717, 1.165) is 0 Å². The molecule has 132 valence electrons. The summed E-state index contributed by atoms with van der Waals surface area (Å²) in [6.45, 7) is 1.72. The van der Waals surface area contributed by atoms with Crippen LogP contribution in [0.2, 0.25) is 0 Å². The predicted octanol–water partition coefficient (Wildman–Crippen LogP) is 2.36. The first-order valence-electron chi connectivity index (χ1n) is 7.62. The summed E-state index contributed by atoms with van der Waals surface area (Å²) in [6.07, 6.45) is 0. The number of hydrogen-bond acceptors (Lipinski definition) is 6. The highest BCUT2D eigenvalue weighted by molar-refractivity contribution is 6.01. The smallest absolute Gasteiger partial charge is 0.259 e. The Kier molecular flexibility index (Phi) is 6.22. The lowest BCUT2D eigenvalue weighted by molar-refractivity contribution is -0.119. The van der Waals surface area contributed by atoms with Gasteiger partial charge in [-0.2, -0.15) is 5.10 Å². The topological polar surface area (TPSA) is 92.2 Å². The molecule has 1 amide bonds. The third-order valence-electron chi connectivity index (χ3n) is 3.49. The maximum atomic E-state index is 11.9. The first-order valence-corrected chi connectivity index (χ1v) is 7.62. The molecule has 0 saturated heterocycles. The second-order valence-electron chi connectivity index (χ2n) is 5.17. The van der Waals surface area contributed by atoms with Crippen molar-refractivity contribution >= 4 is 17.3 Å². The number of para-hydroxylation sites is 2. The number of carbonyl (C=O) groups is 1. The molecule has 0 fully saturated rings. The van der Waals surface area contributed by atoms with E-state index in [2.05, 4.69) is 15.8 Å². The van der Waals surface area contributed by atoms with Crippen molar-refractivity contribution in [2.24, 2.45) is 5.10 Å². The average molecular weight is 343 g/mol. The number of rotatable bonds is 7. The molecule has 0 spiro atoms. The van der Waals surface area contributed by atoms with E-state index in [0.29, 0.717) is 28.5 Å². The molecular weight excluding hydrogens is 322 g/mol. The van der Waals surface area contributed by atoms with Crippen molar-refractivity contribution in [2.75, 3.05) is 26.1 Å². The molecule has 0 aliphatic carbocycles. The van der Waals surface area contributed by atoms with E-state index in [1.54, 1.807) is 32.2 Å². The van der Waals surface area contributed by atoms with Crippen LogP contribution in [0.3, 0.4) is 0 Å². The molecular formula is C18H21N3O4. The fourth-order valence-electron chi connectivity index (χ4n) is 2.16. The quantitative estimate of drug-likeness (QED) is 0.530. The van der Waals surface area contributed by atoms with Crippen LogP contribution in [0.1, 0.15) is 12.5 Å². The van der Waals surface area contributed by atoms with Gasteiger partial charge in [0.25, 0.3) is 5.91 Å². The second-order valence-corrected chi connectivity index (χ2v) is 5.17. The minimum absolute atomic E-state index is 0.0296. The molecule has 0 unspecified atom stereocenters. The van der Waals surface area contributed by atoms with Crippen molar-refractivity contribution < 1.29 is 19.4 Å². The number of phenols is 1. The van der Waals surface area contributed by atoms with Gasteiger partial charge in [0.1, 0.15) is 17.2 Å². The number of nitrogens with one attached hydrogen (secondary N) is 2. The Morgan fingerprint density at radius 2 is 1.92 bits per heavy atom. The highest BCUT2D eigenvalue weighted by Gasteiger charge is 2.08. The van der Waals surface area contributed by atoms with Crippen LogP contribution in [0, 0.1) is 0 Å². The summed E-state index contributed by atoms with van der Waals surface area (Å²) in [5.41, 5.74) is 4.15. The van der Waals surface area contributed by atoms with Crippen LogP contribution in [-0.4, -0.2) is 37.5 Å². The first kappa shape index (κ1) is 18.1. The highest BCUT2D eigenvalue weighted by atomic mass is 16.5. The standard InChI is InChI=1S/C18H21N3O4/c1-12(14-9-8-13(24-2)10-16(14)22)20-21-18(23)11-19-15-6-4-5-7-17(15)25-3/h4-10,19,22H,11H2,1-3H3,(H,21,23)/b20-12+. The average Bonchev–Trinajstić information content (AvgIpc) is 2.64. The van der Waals surface area contributed by atoms with Crippen molar-refractivity contribution in [2.45, 2.75) is 6.92 Å². The van der Waals surface area contributed by atoms with E-state index in [4.69, 9.17) is 9.47 Å².